The van der Waals surface area contributed by atoms with E-state index in [9.17, 15) is 9.59 Å². The van der Waals surface area contributed by atoms with Gasteiger partial charge in [-0.25, -0.2) is 0 Å². The number of nitrogens with zero attached hydrogens (tertiary/aromatic N) is 3. The van der Waals surface area contributed by atoms with E-state index in [1.54, 1.807) is 7.05 Å². The monoisotopic (exact) mass is 426 g/mol. The summed E-state index contributed by atoms with van der Waals surface area (Å²) in [6, 6.07) is 8.54. The first-order valence-electron chi connectivity index (χ1n) is 11.5. The number of nitrogens with one attached hydrogen (secondary N) is 3. The molecular weight excluding hydrogens is 392 g/mol. The van der Waals surface area contributed by atoms with Crippen LogP contribution in [0.3, 0.4) is 0 Å². The summed E-state index contributed by atoms with van der Waals surface area (Å²) in [4.78, 5) is 32.7. The maximum atomic E-state index is 12.6. The summed E-state index contributed by atoms with van der Waals surface area (Å²) in [6.45, 7) is 4.19. The molecule has 1 aliphatic carbocycles. The van der Waals surface area contributed by atoms with Crippen LogP contribution in [0.15, 0.2) is 29.3 Å². The van der Waals surface area contributed by atoms with Gasteiger partial charge in [0.05, 0.1) is 6.54 Å². The second-order valence-electron chi connectivity index (χ2n) is 8.76. The Labute approximate surface area is 184 Å². The maximum absolute atomic E-state index is 12.6. The SMILES string of the molecule is CN=C(NCc1ccc(N2CCNC(=O)C2)cc1)NC1CCN(C(=O)C2CCCC2)C1. The number of aliphatic imine (C=N–C) groups is 1. The molecule has 0 radical (unpaired) electrons. The summed E-state index contributed by atoms with van der Waals surface area (Å²) in [7, 11) is 1.77. The molecule has 3 fully saturated rings. The van der Waals surface area contributed by atoms with Crippen LogP contribution in [-0.2, 0) is 16.1 Å². The second-order valence-corrected chi connectivity index (χ2v) is 8.76. The molecule has 8 nitrogen and oxygen atoms in total. The Morgan fingerprint density at radius 1 is 1.16 bits per heavy atom. The molecule has 1 saturated carbocycles. The lowest BCUT2D eigenvalue weighted by molar-refractivity contribution is -0.134. The summed E-state index contributed by atoms with van der Waals surface area (Å²) in [5, 5.41) is 9.70. The minimum atomic E-state index is 0.0716. The first kappa shape index (κ1) is 21.5. The van der Waals surface area contributed by atoms with E-state index in [1.807, 2.05) is 4.90 Å². The van der Waals surface area contributed by atoms with E-state index in [4.69, 9.17) is 0 Å². The van der Waals surface area contributed by atoms with E-state index in [-0.39, 0.29) is 17.9 Å². The summed E-state index contributed by atoms with van der Waals surface area (Å²) in [6.07, 6.45) is 5.45. The number of benzene rings is 1. The molecule has 2 heterocycles. The number of carbonyl (C=O) groups excluding carboxylic acids is 2. The number of rotatable bonds is 5. The van der Waals surface area contributed by atoms with Gasteiger partial charge in [0.25, 0.3) is 0 Å². The Morgan fingerprint density at radius 2 is 1.94 bits per heavy atom. The predicted octanol–water partition coefficient (Wildman–Crippen LogP) is 1.08. The molecule has 0 bridgehead atoms. The summed E-state index contributed by atoms with van der Waals surface area (Å²) in [5.41, 5.74) is 2.22. The molecule has 1 atom stereocenters. The maximum Gasteiger partial charge on any atom is 0.239 e. The lowest BCUT2D eigenvalue weighted by Gasteiger charge is -2.28. The van der Waals surface area contributed by atoms with Crippen LogP contribution in [0.25, 0.3) is 0 Å². The Bertz CT molecular complexity index is 803. The zero-order chi connectivity index (χ0) is 21.6. The van der Waals surface area contributed by atoms with Crippen LogP contribution >= 0.6 is 0 Å². The minimum Gasteiger partial charge on any atom is -0.360 e. The van der Waals surface area contributed by atoms with Crippen LogP contribution < -0.4 is 20.9 Å². The molecule has 8 heteroatoms. The van der Waals surface area contributed by atoms with Crippen molar-refractivity contribution < 1.29 is 9.59 Å². The Hall–Kier alpha value is -2.77. The fourth-order valence-corrected chi connectivity index (χ4v) is 4.77. The summed E-state index contributed by atoms with van der Waals surface area (Å²) >= 11 is 0. The number of hydrogen-bond acceptors (Lipinski definition) is 4. The second kappa shape index (κ2) is 10.0. The third-order valence-electron chi connectivity index (χ3n) is 6.57. The van der Waals surface area contributed by atoms with Crippen molar-refractivity contribution in [2.45, 2.75) is 44.7 Å². The van der Waals surface area contributed by atoms with Crippen LogP contribution in [0, 0.1) is 5.92 Å². The number of hydrogen-bond donors (Lipinski definition) is 3. The Balaban J connectivity index is 1.23. The van der Waals surface area contributed by atoms with Crippen molar-refractivity contribution in [3.8, 4) is 0 Å². The van der Waals surface area contributed by atoms with Gasteiger partial charge in [-0.1, -0.05) is 25.0 Å². The highest BCUT2D eigenvalue weighted by atomic mass is 16.2. The molecule has 0 aromatic heterocycles. The Kier molecular flexibility index (Phi) is 6.94. The van der Waals surface area contributed by atoms with Crippen LogP contribution in [-0.4, -0.2) is 68.5 Å². The van der Waals surface area contributed by atoms with Gasteiger partial charge in [-0.3, -0.25) is 14.6 Å². The van der Waals surface area contributed by atoms with Crippen molar-refractivity contribution in [2.75, 3.05) is 44.7 Å². The van der Waals surface area contributed by atoms with E-state index in [0.717, 1.165) is 56.1 Å². The van der Waals surface area contributed by atoms with Crippen molar-refractivity contribution in [1.29, 1.82) is 0 Å². The lowest BCUT2D eigenvalue weighted by Crippen LogP contribution is -2.47. The highest BCUT2D eigenvalue weighted by molar-refractivity contribution is 5.83. The van der Waals surface area contributed by atoms with E-state index >= 15 is 0 Å². The average molecular weight is 427 g/mol. The topological polar surface area (TPSA) is 89.1 Å². The normalized spacial score (nSPS) is 22.5. The average Bonchev–Trinajstić information content (AvgIpc) is 3.49. The minimum absolute atomic E-state index is 0.0716. The third-order valence-corrected chi connectivity index (χ3v) is 6.57. The van der Waals surface area contributed by atoms with Crippen LogP contribution in [0.4, 0.5) is 5.69 Å². The number of guanidine groups is 1. The van der Waals surface area contributed by atoms with E-state index in [0.29, 0.717) is 25.5 Å². The highest BCUT2D eigenvalue weighted by Gasteiger charge is 2.32. The number of amides is 2. The van der Waals surface area contributed by atoms with E-state index < -0.39 is 0 Å². The predicted molar refractivity (Wildman–Crippen MR) is 122 cm³/mol. The van der Waals surface area contributed by atoms with Crippen molar-refractivity contribution in [1.82, 2.24) is 20.9 Å². The van der Waals surface area contributed by atoms with Crippen molar-refractivity contribution in [3.63, 3.8) is 0 Å². The van der Waals surface area contributed by atoms with Crippen molar-refractivity contribution in [2.24, 2.45) is 10.9 Å². The molecule has 1 unspecified atom stereocenters. The number of carbonyl (C=O) groups is 2. The molecule has 2 aliphatic heterocycles. The molecule has 2 saturated heterocycles. The summed E-state index contributed by atoms with van der Waals surface area (Å²) in [5.74, 6) is 1.42. The van der Waals surface area contributed by atoms with Gasteiger partial charge in [0.2, 0.25) is 11.8 Å². The molecule has 168 valence electrons. The number of anilines is 1. The van der Waals surface area contributed by atoms with Crippen LogP contribution in [0.5, 0.6) is 0 Å². The fraction of sp³-hybridized carbons (Fsp3) is 0.609. The van der Waals surface area contributed by atoms with Crippen molar-refractivity contribution >= 4 is 23.5 Å². The quantitative estimate of drug-likeness (QED) is 0.484. The first-order valence-corrected chi connectivity index (χ1v) is 11.5. The van der Waals surface area contributed by atoms with Crippen LogP contribution in [0.2, 0.25) is 0 Å². The first-order chi connectivity index (χ1) is 15.1. The lowest BCUT2D eigenvalue weighted by atomic mass is 10.1. The molecule has 0 spiro atoms. The molecular formula is C23H34N6O2. The summed E-state index contributed by atoms with van der Waals surface area (Å²) < 4.78 is 0. The van der Waals surface area contributed by atoms with Gasteiger partial charge in [-0.2, -0.15) is 0 Å². The number of likely N-dealkylation sites (tertiary alicyclic amines) is 1. The largest absolute Gasteiger partial charge is 0.360 e. The number of piperazine rings is 1. The molecule has 3 N–H and O–H groups in total. The van der Waals surface area contributed by atoms with Gasteiger partial charge >= 0.3 is 0 Å². The fourth-order valence-electron chi connectivity index (χ4n) is 4.77. The van der Waals surface area contributed by atoms with Gasteiger partial charge < -0.3 is 25.8 Å². The van der Waals surface area contributed by atoms with Gasteiger partial charge in [-0.15, -0.1) is 0 Å². The zero-order valence-electron chi connectivity index (χ0n) is 18.4. The smallest absolute Gasteiger partial charge is 0.239 e. The Morgan fingerprint density at radius 3 is 2.65 bits per heavy atom. The molecule has 3 aliphatic rings. The van der Waals surface area contributed by atoms with E-state index in [1.165, 1.54) is 12.8 Å². The molecule has 1 aromatic rings. The van der Waals surface area contributed by atoms with Gasteiger partial charge in [0.15, 0.2) is 5.96 Å². The standard InChI is InChI=1S/C23H34N6O2/c1-24-23(27-19-10-12-29(15-19)22(31)18-4-2-3-5-18)26-14-17-6-8-20(9-7-17)28-13-11-25-21(30)16-28/h6-9,18-19H,2-5,10-16H2,1H3,(H,25,30)(H2,24,26,27). The van der Waals surface area contributed by atoms with E-state index in [2.05, 4.69) is 50.1 Å². The zero-order valence-corrected chi connectivity index (χ0v) is 18.4. The van der Waals surface area contributed by atoms with Gasteiger partial charge in [0, 0.05) is 57.4 Å². The van der Waals surface area contributed by atoms with Crippen molar-refractivity contribution in [3.05, 3.63) is 29.8 Å². The molecule has 31 heavy (non-hydrogen) atoms. The van der Waals surface area contributed by atoms with Crippen LogP contribution in [0.1, 0.15) is 37.7 Å². The third kappa shape index (κ3) is 5.48. The molecule has 1 aromatic carbocycles. The highest BCUT2D eigenvalue weighted by Crippen LogP contribution is 2.27. The molecule has 4 rings (SSSR count). The van der Waals surface area contributed by atoms with Gasteiger partial charge in [-0.05, 0) is 37.0 Å². The van der Waals surface area contributed by atoms with Gasteiger partial charge in [0.1, 0.15) is 0 Å². The molecule has 2 amide bonds.